The number of carbonyl (C=O) groups is 3. The fraction of sp³-hybridized carbons (Fsp3) is 0.526. The summed E-state index contributed by atoms with van der Waals surface area (Å²) in [5.41, 5.74) is 5.53. The number of primary amides is 1. The number of hydrogen-bond acceptors (Lipinski definition) is 4. The van der Waals surface area contributed by atoms with E-state index in [1.807, 2.05) is 4.90 Å². The summed E-state index contributed by atoms with van der Waals surface area (Å²) >= 11 is 0. The highest BCUT2D eigenvalue weighted by atomic mass is 16.5. The summed E-state index contributed by atoms with van der Waals surface area (Å²) in [6.07, 6.45) is 5.13. The monoisotopic (exact) mass is 359 g/mol. The lowest BCUT2D eigenvalue weighted by Crippen LogP contribution is -2.36. The molecule has 2 fully saturated rings. The van der Waals surface area contributed by atoms with Crippen molar-refractivity contribution in [2.24, 2.45) is 11.7 Å². The molecular weight excluding hydrogens is 334 g/mol. The van der Waals surface area contributed by atoms with E-state index in [4.69, 9.17) is 10.5 Å². The maximum Gasteiger partial charge on any atom is 0.255 e. The lowest BCUT2D eigenvalue weighted by Gasteiger charge is -2.24. The molecule has 1 unspecified atom stereocenters. The lowest BCUT2D eigenvalue weighted by atomic mass is 10.1. The van der Waals surface area contributed by atoms with Crippen LogP contribution < -0.4 is 15.8 Å². The van der Waals surface area contributed by atoms with Gasteiger partial charge in [0.15, 0.2) is 6.61 Å². The van der Waals surface area contributed by atoms with Gasteiger partial charge in [0.1, 0.15) is 5.75 Å². The Kier molecular flexibility index (Phi) is 5.75. The minimum Gasteiger partial charge on any atom is -0.484 e. The van der Waals surface area contributed by atoms with Gasteiger partial charge >= 0.3 is 0 Å². The second-order valence-electron chi connectivity index (χ2n) is 7.04. The third kappa shape index (κ3) is 4.53. The van der Waals surface area contributed by atoms with Gasteiger partial charge in [0.2, 0.25) is 5.91 Å². The predicted molar refractivity (Wildman–Crippen MR) is 95.5 cm³/mol. The van der Waals surface area contributed by atoms with E-state index in [-0.39, 0.29) is 24.3 Å². The average molecular weight is 359 g/mol. The van der Waals surface area contributed by atoms with E-state index >= 15 is 0 Å². The van der Waals surface area contributed by atoms with Gasteiger partial charge in [-0.1, -0.05) is 12.8 Å². The Bertz CT molecular complexity index is 668. The van der Waals surface area contributed by atoms with Crippen LogP contribution in [0.1, 0.15) is 42.5 Å². The Balaban J connectivity index is 1.46. The summed E-state index contributed by atoms with van der Waals surface area (Å²) in [6, 6.07) is 6.92. The number of amides is 3. The van der Waals surface area contributed by atoms with Crippen molar-refractivity contribution >= 4 is 17.7 Å². The van der Waals surface area contributed by atoms with Crippen LogP contribution in [-0.4, -0.2) is 48.4 Å². The number of nitrogens with zero attached hydrogens (tertiary/aromatic N) is 1. The van der Waals surface area contributed by atoms with E-state index in [1.165, 1.54) is 12.8 Å². The second kappa shape index (κ2) is 8.21. The van der Waals surface area contributed by atoms with Gasteiger partial charge < -0.3 is 20.7 Å². The van der Waals surface area contributed by atoms with Gasteiger partial charge in [-0.3, -0.25) is 14.4 Å². The molecule has 1 aromatic carbocycles. The first-order chi connectivity index (χ1) is 12.5. The molecule has 0 bridgehead atoms. The molecule has 140 valence electrons. The van der Waals surface area contributed by atoms with Crippen LogP contribution in [-0.2, 0) is 9.59 Å². The Labute approximate surface area is 152 Å². The first-order valence-electron chi connectivity index (χ1n) is 9.12. The summed E-state index contributed by atoms with van der Waals surface area (Å²) < 4.78 is 5.17. The molecule has 0 spiro atoms. The molecule has 0 aromatic heterocycles. The van der Waals surface area contributed by atoms with Crippen LogP contribution in [0.3, 0.4) is 0 Å². The summed E-state index contributed by atoms with van der Waals surface area (Å²) in [7, 11) is 0. The zero-order chi connectivity index (χ0) is 18.5. The van der Waals surface area contributed by atoms with Gasteiger partial charge in [0, 0.05) is 37.0 Å². The molecule has 7 nitrogen and oxygen atoms in total. The minimum absolute atomic E-state index is 0.172. The number of benzene rings is 1. The minimum atomic E-state index is -0.551. The molecule has 1 saturated carbocycles. The molecule has 1 aliphatic carbocycles. The summed E-state index contributed by atoms with van der Waals surface area (Å²) in [5, 5.41) is 2.91. The highest BCUT2D eigenvalue weighted by Crippen LogP contribution is 2.29. The van der Waals surface area contributed by atoms with Crippen molar-refractivity contribution < 1.29 is 19.1 Å². The van der Waals surface area contributed by atoms with Gasteiger partial charge in [-0.2, -0.15) is 0 Å². The Morgan fingerprint density at radius 2 is 1.88 bits per heavy atom. The number of nitrogens with two attached hydrogens (primary N) is 1. The molecule has 3 amide bonds. The SMILES string of the molecule is NC(=O)COc1ccc(C(=O)NCC2CC(=O)N(C3CCCC3)C2)cc1. The van der Waals surface area contributed by atoms with Crippen LogP contribution in [0.4, 0.5) is 0 Å². The highest BCUT2D eigenvalue weighted by Gasteiger charge is 2.35. The number of rotatable bonds is 7. The van der Waals surface area contributed by atoms with E-state index in [1.54, 1.807) is 24.3 Å². The number of carbonyl (C=O) groups excluding carboxylic acids is 3. The summed E-state index contributed by atoms with van der Waals surface area (Å²) in [5.74, 6) is 0.133. The first kappa shape index (κ1) is 18.2. The van der Waals surface area contributed by atoms with Crippen molar-refractivity contribution in [1.29, 1.82) is 0 Å². The number of hydrogen-bond donors (Lipinski definition) is 2. The topological polar surface area (TPSA) is 102 Å². The maximum absolute atomic E-state index is 12.3. The molecule has 1 aromatic rings. The summed E-state index contributed by atoms with van der Waals surface area (Å²) in [6.45, 7) is 1.04. The van der Waals surface area contributed by atoms with Crippen LogP contribution in [0.5, 0.6) is 5.75 Å². The number of ether oxygens (including phenoxy) is 1. The smallest absolute Gasteiger partial charge is 0.255 e. The average Bonchev–Trinajstić information content (AvgIpc) is 3.27. The van der Waals surface area contributed by atoms with Crippen LogP contribution in [0.25, 0.3) is 0 Å². The van der Waals surface area contributed by atoms with Gasteiger partial charge in [-0.05, 0) is 37.1 Å². The van der Waals surface area contributed by atoms with E-state index in [9.17, 15) is 14.4 Å². The van der Waals surface area contributed by atoms with E-state index in [0.29, 0.717) is 30.3 Å². The zero-order valence-electron chi connectivity index (χ0n) is 14.8. The number of nitrogens with one attached hydrogen (secondary N) is 1. The molecule has 3 rings (SSSR count). The quantitative estimate of drug-likeness (QED) is 0.760. The summed E-state index contributed by atoms with van der Waals surface area (Å²) in [4.78, 5) is 37.2. The standard InChI is InChI=1S/C19H25N3O4/c20-17(23)12-26-16-7-5-14(6-8-16)19(25)21-10-13-9-18(24)22(11-13)15-3-1-2-4-15/h5-8,13,15H,1-4,9-12H2,(H2,20,23)(H,21,25). The molecule has 0 radical (unpaired) electrons. The Morgan fingerprint density at radius 1 is 1.19 bits per heavy atom. The van der Waals surface area contributed by atoms with Crippen molar-refractivity contribution in [1.82, 2.24) is 10.2 Å². The third-order valence-corrected chi connectivity index (χ3v) is 5.05. The molecule has 3 N–H and O–H groups in total. The largest absolute Gasteiger partial charge is 0.484 e. The van der Waals surface area contributed by atoms with Crippen molar-refractivity contribution in [2.75, 3.05) is 19.7 Å². The van der Waals surface area contributed by atoms with Gasteiger partial charge in [-0.25, -0.2) is 0 Å². The molecule has 1 saturated heterocycles. The molecule has 1 heterocycles. The fourth-order valence-corrected chi connectivity index (χ4v) is 3.71. The maximum atomic E-state index is 12.3. The predicted octanol–water partition coefficient (Wildman–Crippen LogP) is 1.07. The van der Waals surface area contributed by atoms with Crippen LogP contribution in [0.2, 0.25) is 0 Å². The van der Waals surface area contributed by atoms with Gasteiger partial charge in [0.05, 0.1) is 0 Å². The normalized spacial score (nSPS) is 20.4. The van der Waals surface area contributed by atoms with Crippen LogP contribution >= 0.6 is 0 Å². The fourth-order valence-electron chi connectivity index (χ4n) is 3.71. The van der Waals surface area contributed by atoms with Crippen molar-refractivity contribution in [3.05, 3.63) is 29.8 Å². The van der Waals surface area contributed by atoms with E-state index in [2.05, 4.69) is 5.32 Å². The van der Waals surface area contributed by atoms with Crippen molar-refractivity contribution in [2.45, 2.75) is 38.1 Å². The molecule has 2 aliphatic rings. The van der Waals surface area contributed by atoms with E-state index < -0.39 is 5.91 Å². The third-order valence-electron chi connectivity index (χ3n) is 5.05. The van der Waals surface area contributed by atoms with Crippen LogP contribution in [0, 0.1) is 5.92 Å². The van der Waals surface area contributed by atoms with Crippen molar-refractivity contribution in [3.8, 4) is 5.75 Å². The highest BCUT2D eigenvalue weighted by molar-refractivity contribution is 5.94. The molecule has 7 heteroatoms. The van der Waals surface area contributed by atoms with Gasteiger partial charge in [-0.15, -0.1) is 0 Å². The van der Waals surface area contributed by atoms with Crippen LogP contribution in [0.15, 0.2) is 24.3 Å². The second-order valence-corrected chi connectivity index (χ2v) is 7.04. The molecular formula is C19H25N3O4. The number of likely N-dealkylation sites (tertiary alicyclic amines) is 1. The Morgan fingerprint density at radius 3 is 2.54 bits per heavy atom. The van der Waals surface area contributed by atoms with Gasteiger partial charge in [0.25, 0.3) is 11.8 Å². The lowest BCUT2D eigenvalue weighted by molar-refractivity contribution is -0.129. The van der Waals surface area contributed by atoms with E-state index in [0.717, 1.165) is 19.4 Å². The molecule has 26 heavy (non-hydrogen) atoms. The Hall–Kier alpha value is -2.57. The zero-order valence-corrected chi connectivity index (χ0v) is 14.8. The molecule has 1 atom stereocenters. The van der Waals surface area contributed by atoms with Crippen molar-refractivity contribution in [3.63, 3.8) is 0 Å². The first-order valence-corrected chi connectivity index (χ1v) is 9.12. The molecule has 1 aliphatic heterocycles.